The van der Waals surface area contributed by atoms with Crippen molar-refractivity contribution in [1.29, 1.82) is 0 Å². The lowest BCUT2D eigenvalue weighted by molar-refractivity contribution is -1.09. The van der Waals surface area contributed by atoms with E-state index in [1.165, 1.54) is 0 Å². The summed E-state index contributed by atoms with van der Waals surface area (Å²) in [5.74, 6) is 29.5. The van der Waals surface area contributed by atoms with Gasteiger partial charge in [0.1, 0.15) is 0 Å². The zero-order valence-electron chi connectivity index (χ0n) is 6.18. The largest absolute Gasteiger partial charge is 0.292 e. The molecule has 0 fully saturated rings. The number of nitrogens with zero attached hydrogens (tertiary/aromatic N) is 2. The predicted octanol–water partition coefficient (Wildman–Crippen LogP) is -4.36. The van der Waals surface area contributed by atoms with Crippen LogP contribution in [0.25, 0.3) is 0 Å². The Hall–Kier alpha value is -0.840. The van der Waals surface area contributed by atoms with E-state index in [-0.39, 0.29) is 0 Å². The molecule has 12 heavy (non-hydrogen) atoms. The van der Waals surface area contributed by atoms with Crippen LogP contribution in [0, 0.1) is 12.1 Å². The molecule has 0 bridgehead atoms. The fraction of sp³-hybridized carbons (Fsp3) is 0. The summed E-state index contributed by atoms with van der Waals surface area (Å²) in [5, 5.41) is 0. The number of rotatable bonds is 2. The Morgan fingerprint density at radius 1 is 0.750 bits per heavy atom. The molecule has 0 spiro atoms. The first-order chi connectivity index (χ1) is 5.33. The van der Waals surface area contributed by atoms with Crippen molar-refractivity contribution >= 4 is 0 Å². The Labute approximate surface area is 68.0 Å². The van der Waals surface area contributed by atoms with Gasteiger partial charge in [-0.05, 0) is 0 Å². The minimum Gasteiger partial charge on any atom is -0.155 e. The van der Waals surface area contributed by atoms with Crippen LogP contribution in [-0.4, -0.2) is 9.73 Å². The molecule has 0 aromatic rings. The van der Waals surface area contributed by atoms with E-state index in [1.807, 2.05) is 12.1 Å². The van der Waals surface area contributed by atoms with Gasteiger partial charge in [-0.1, -0.05) is 9.88 Å². The SMILES string of the molecule is NO[N+](N)(N)C#C[N+](N)(N)ON. The summed E-state index contributed by atoms with van der Waals surface area (Å²) in [6.07, 6.45) is 0. The van der Waals surface area contributed by atoms with Crippen molar-refractivity contribution in [3.63, 3.8) is 0 Å². The molecule has 0 saturated heterocycles. The third kappa shape index (κ3) is 4.12. The molecule has 0 atom stereocenters. The monoisotopic (exact) mass is 180 g/mol. The zero-order valence-corrected chi connectivity index (χ0v) is 6.18. The van der Waals surface area contributed by atoms with Crippen molar-refractivity contribution in [3.05, 3.63) is 0 Å². The van der Waals surface area contributed by atoms with Crippen LogP contribution in [0.3, 0.4) is 0 Å². The molecule has 0 aliphatic rings. The molecule has 0 aliphatic carbocycles. The van der Waals surface area contributed by atoms with E-state index in [0.717, 1.165) is 0 Å². The van der Waals surface area contributed by atoms with Gasteiger partial charge in [0, 0.05) is 0 Å². The van der Waals surface area contributed by atoms with Gasteiger partial charge < -0.3 is 0 Å². The highest BCUT2D eigenvalue weighted by molar-refractivity contribution is 4.76. The molecule has 10 heteroatoms. The second kappa shape index (κ2) is 3.71. The van der Waals surface area contributed by atoms with Gasteiger partial charge in [0.15, 0.2) is 0 Å². The highest BCUT2D eigenvalue weighted by atomic mass is 16.9. The van der Waals surface area contributed by atoms with Crippen molar-refractivity contribution in [3.8, 4) is 12.1 Å². The smallest absolute Gasteiger partial charge is 0.155 e. The molecule has 0 aromatic heterocycles. The van der Waals surface area contributed by atoms with Crippen molar-refractivity contribution in [2.75, 3.05) is 0 Å². The van der Waals surface area contributed by atoms with Crippen molar-refractivity contribution in [1.82, 2.24) is 0 Å². The molecule has 0 radical (unpaired) electrons. The van der Waals surface area contributed by atoms with Crippen LogP contribution in [0.4, 0.5) is 0 Å². The maximum absolute atomic E-state index is 5.05. The van der Waals surface area contributed by atoms with E-state index in [9.17, 15) is 0 Å². The van der Waals surface area contributed by atoms with Crippen LogP contribution < -0.4 is 35.2 Å². The minimum absolute atomic E-state index is 1.24. The van der Waals surface area contributed by atoms with E-state index >= 15 is 0 Å². The Balaban J connectivity index is 4.39. The van der Waals surface area contributed by atoms with E-state index in [1.54, 1.807) is 0 Å². The van der Waals surface area contributed by atoms with Gasteiger partial charge >= 0.3 is 0 Å². The zero-order chi connectivity index (χ0) is 9.83. The predicted molar refractivity (Wildman–Crippen MR) is 35.6 cm³/mol. The minimum atomic E-state index is -1.24. The lowest BCUT2D eigenvalue weighted by Gasteiger charge is -2.12. The van der Waals surface area contributed by atoms with Crippen LogP contribution in [0.1, 0.15) is 0 Å². The fourth-order valence-corrected chi connectivity index (χ4v) is 0.209. The Bertz CT molecular complexity index is 181. The molecule has 0 heterocycles. The molecular weight excluding hydrogens is 168 g/mol. The number of nitrogens with two attached hydrogens (primary N) is 6. The summed E-state index contributed by atoms with van der Waals surface area (Å²) >= 11 is 0. The Kier molecular flexibility index (Phi) is 3.45. The highest BCUT2D eigenvalue weighted by Gasteiger charge is 2.22. The van der Waals surface area contributed by atoms with Gasteiger partial charge in [-0.2, -0.15) is 11.8 Å². The van der Waals surface area contributed by atoms with Gasteiger partial charge in [0.05, 0.1) is 9.73 Å². The summed E-state index contributed by atoms with van der Waals surface area (Å²) in [4.78, 5) is 5.48. The molecule has 70 valence electrons. The van der Waals surface area contributed by atoms with Crippen LogP contribution in [0.2, 0.25) is 0 Å². The highest BCUT2D eigenvalue weighted by Crippen LogP contribution is 1.83. The van der Waals surface area contributed by atoms with Crippen LogP contribution >= 0.6 is 0 Å². The van der Waals surface area contributed by atoms with Crippen molar-refractivity contribution in [2.24, 2.45) is 35.2 Å². The van der Waals surface area contributed by atoms with E-state index < -0.39 is 9.73 Å². The summed E-state index contributed by atoms with van der Waals surface area (Å²) in [5.41, 5.74) is 0. The van der Waals surface area contributed by atoms with Crippen LogP contribution in [-0.2, 0) is 9.88 Å². The number of hydrogen-bond acceptors (Lipinski definition) is 8. The molecular formula is C2H12N8O2+2. The average molecular weight is 180 g/mol. The fourth-order valence-electron chi connectivity index (χ4n) is 0.209. The summed E-state index contributed by atoms with van der Waals surface area (Å²) in [6.45, 7) is 0. The van der Waals surface area contributed by atoms with Crippen LogP contribution in [0.15, 0.2) is 0 Å². The van der Waals surface area contributed by atoms with E-state index in [2.05, 4.69) is 21.7 Å². The normalized spacial score (nSPS) is 12.2. The summed E-state index contributed by atoms with van der Waals surface area (Å²) < 4.78 is 0. The van der Waals surface area contributed by atoms with Gasteiger partial charge in [-0.3, -0.25) is 0 Å². The van der Waals surface area contributed by atoms with Gasteiger partial charge in [0.25, 0.3) is 12.1 Å². The maximum atomic E-state index is 5.05. The Morgan fingerprint density at radius 2 is 1.00 bits per heavy atom. The second-order valence-corrected chi connectivity index (χ2v) is 1.85. The first kappa shape index (κ1) is 11.2. The number of hydroxylamine groups is 2. The molecule has 0 rings (SSSR count). The number of hydrogen-bond donors (Lipinski definition) is 6. The molecule has 0 unspecified atom stereocenters. The van der Waals surface area contributed by atoms with Crippen LogP contribution in [0.5, 0.6) is 0 Å². The van der Waals surface area contributed by atoms with E-state index in [4.69, 9.17) is 23.4 Å². The molecule has 12 N–H and O–H groups in total. The molecule has 0 saturated carbocycles. The lowest BCUT2D eigenvalue weighted by Crippen LogP contribution is -2.61. The first-order valence-corrected chi connectivity index (χ1v) is 2.57. The molecule has 0 aromatic carbocycles. The van der Waals surface area contributed by atoms with Gasteiger partial charge in [-0.25, -0.2) is 0 Å². The third-order valence-electron chi connectivity index (χ3n) is 0.748. The lowest BCUT2D eigenvalue weighted by atomic mass is 11.0. The Morgan fingerprint density at radius 3 is 1.17 bits per heavy atom. The van der Waals surface area contributed by atoms with E-state index in [0.29, 0.717) is 0 Å². The van der Waals surface area contributed by atoms with Crippen molar-refractivity contribution < 1.29 is 19.6 Å². The third-order valence-corrected chi connectivity index (χ3v) is 0.748. The summed E-state index contributed by atoms with van der Waals surface area (Å²) in [7, 11) is 0. The topological polar surface area (TPSA) is 175 Å². The number of quaternary nitrogens is 2. The van der Waals surface area contributed by atoms with Crippen molar-refractivity contribution in [2.45, 2.75) is 0 Å². The standard InChI is InChI=1S/C2H12N8O2/c3-9(4,11-7)1-2-10(5,6)12-8/h3-8H2/q+2. The summed E-state index contributed by atoms with van der Waals surface area (Å²) in [6, 6.07) is 4.03. The first-order valence-electron chi connectivity index (χ1n) is 2.57. The van der Waals surface area contributed by atoms with Gasteiger partial charge in [-0.15, -0.1) is 23.4 Å². The molecule has 10 nitrogen and oxygen atoms in total. The average Bonchev–Trinajstić information content (AvgIpc) is 2.02. The molecule has 0 amide bonds. The maximum Gasteiger partial charge on any atom is 0.292 e. The quantitative estimate of drug-likeness (QED) is 0.107. The van der Waals surface area contributed by atoms with Gasteiger partial charge in [0.2, 0.25) is 0 Å². The molecule has 0 aliphatic heterocycles. The second-order valence-electron chi connectivity index (χ2n) is 1.85.